The summed E-state index contributed by atoms with van der Waals surface area (Å²) in [6.07, 6.45) is 4.98. The fourth-order valence-electron chi connectivity index (χ4n) is 5.80. The summed E-state index contributed by atoms with van der Waals surface area (Å²) in [7, 11) is 0. The summed E-state index contributed by atoms with van der Waals surface area (Å²) >= 11 is 0. The molecule has 3 rings (SSSR count). The van der Waals surface area contributed by atoms with E-state index in [1.165, 1.54) is 0 Å². The van der Waals surface area contributed by atoms with E-state index >= 15 is 0 Å². The third-order valence-electron chi connectivity index (χ3n) is 7.98. The number of nitrogens with two attached hydrogens (primary N) is 2. The van der Waals surface area contributed by atoms with E-state index in [9.17, 15) is 24.3 Å². The van der Waals surface area contributed by atoms with Crippen LogP contribution in [0.4, 0.5) is 0 Å². The van der Waals surface area contributed by atoms with Crippen LogP contribution in [0, 0.1) is 0 Å². The van der Waals surface area contributed by atoms with Crippen molar-refractivity contribution in [2.75, 3.05) is 6.54 Å². The summed E-state index contributed by atoms with van der Waals surface area (Å²) in [5.41, 5.74) is 13.2. The number of Topliss-reactive ketones (excluding diaryl/α,β-unsaturated/α-hetero) is 1. The summed E-state index contributed by atoms with van der Waals surface area (Å²) in [6, 6.07) is 16.6. The van der Waals surface area contributed by atoms with Crippen molar-refractivity contribution in [1.29, 1.82) is 0 Å². The third-order valence-corrected chi connectivity index (χ3v) is 7.98. The van der Waals surface area contributed by atoms with Gasteiger partial charge >= 0.3 is 5.97 Å². The van der Waals surface area contributed by atoms with Crippen molar-refractivity contribution in [2.45, 2.75) is 96.1 Å². The number of aromatic amines is 1. The Balaban J connectivity index is 2.11. The maximum absolute atomic E-state index is 14.7. The number of para-hydroxylation sites is 1. The van der Waals surface area contributed by atoms with Gasteiger partial charge in [0.05, 0.1) is 0 Å². The molecule has 6 N–H and O–H groups in total. The lowest BCUT2D eigenvalue weighted by Gasteiger charge is -2.38. The Kier molecular flexibility index (Phi) is 12.5. The molecular weight excluding hydrogens is 544 g/mol. The summed E-state index contributed by atoms with van der Waals surface area (Å²) < 4.78 is 0. The van der Waals surface area contributed by atoms with E-state index in [0.717, 1.165) is 36.8 Å². The molecule has 0 bridgehead atoms. The second-order valence-electron chi connectivity index (χ2n) is 11.4. The van der Waals surface area contributed by atoms with Crippen LogP contribution in [-0.4, -0.2) is 56.7 Å². The zero-order valence-electron chi connectivity index (χ0n) is 25.4. The summed E-state index contributed by atoms with van der Waals surface area (Å²) in [5, 5.41) is 10.0. The Hall–Kier alpha value is -3.98. The quantitative estimate of drug-likeness (QED) is 0.0837. The van der Waals surface area contributed by atoms with Crippen LogP contribution in [0.2, 0.25) is 0 Å². The van der Waals surface area contributed by atoms with Crippen molar-refractivity contribution in [3.63, 3.8) is 0 Å². The Morgan fingerprint density at radius 2 is 1.63 bits per heavy atom. The highest BCUT2D eigenvalue weighted by Gasteiger charge is 2.47. The number of rotatable bonds is 19. The average molecular weight is 591 g/mol. The van der Waals surface area contributed by atoms with E-state index < -0.39 is 35.1 Å². The first kappa shape index (κ1) is 33.5. The molecule has 2 aromatic carbocycles. The molecule has 3 aromatic rings. The van der Waals surface area contributed by atoms with Gasteiger partial charge in [0, 0.05) is 54.0 Å². The predicted octanol–water partition coefficient (Wildman–Crippen LogP) is 5.35. The number of hydrogen-bond acceptors (Lipinski definition) is 5. The zero-order chi connectivity index (χ0) is 31.4. The minimum absolute atomic E-state index is 0.0381. The van der Waals surface area contributed by atoms with Gasteiger partial charge in [-0.1, -0.05) is 88.1 Å². The van der Waals surface area contributed by atoms with E-state index in [1.54, 1.807) is 4.90 Å². The Labute approximate surface area is 254 Å². The summed E-state index contributed by atoms with van der Waals surface area (Å²) in [4.78, 5) is 57.7. The van der Waals surface area contributed by atoms with Crippen LogP contribution >= 0.6 is 0 Å². The molecule has 0 aliphatic carbocycles. The van der Waals surface area contributed by atoms with Crippen LogP contribution in [0.3, 0.4) is 0 Å². The molecule has 0 aliphatic heterocycles. The number of carboxylic acids is 1. The van der Waals surface area contributed by atoms with Crippen LogP contribution in [0.1, 0.15) is 99.7 Å². The van der Waals surface area contributed by atoms with E-state index in [4.69, 9.17) is 11.5 Å². The molecule has 0 saturated carbocycles. The van der Waals surface area contributed by atoms with Gasteiger partial charge in [0.25, 0.3) is 5.91 Å². The Morgan fingerprint density at radius 1 is 0.930 bits per heavy atom. The number of nitrogens with one attached hydrogen (secondary N) is 1. The van der Waals surface area contributed by atoms with E-state index in [-0.39, 0.29) is 25.7 Å². The van der Waals surface area contributed by atoms with Gasteiger partial charge in [-0.15, -0.1) is 0 Å². The number of aromatic nitrogens is 1. The highest BCUT2D eigenvalue weighted by molar-refractivity contribution is 6.22. The number of amides is 2. The Bertz CT molecular complexity index is 1390. The van der Waals surface area contributed by atoms with Gasteiger partial charge in [0.15, 0.2) is 11.3 Å². The summed E-state index contributed by atoms with van der Waals surface area (Å²) in [5.74, 6) is -2.72. The molecule has 2 atom stereocenters. The Morgan fingerprint density at radius 3 is 2.28 bits per heavy atom. The number of carbonyl (C=O) groups excluding carboxylic acids is 3. The highest BCUT2D eigenvalue weighted by Crippen LogP contribution is 2.31. The SMILES string of the molecule is CCCCCC[C@@H](CC(N)=O)N(CCC)C(=O)[C@](N)(CCCC(=O)O)C(=O)c1c(Cc2ccccc2)[nH]c2ccccc12. The van der Waals surface area contributed by atoms with E-state index in [0.29, 0.717) is 42.5 Å². The number of nitrogens with zero attached hydrogens (tertiary/aromatic N) is 1. The molecular formula is C34H46N4O5. The zero-order valence-corrected chi connectivity index (χ0v) is 25.4. The molecule has 232 valence electrons. The van der Waals surface area contributed by atoms with Crippen LogP contribution in [0.5, 0.6) is 0 Å². The fourth-order valence-corrected chi connectivity index (χ4v) is 5.80. The predicted molar refractivity (Wildman–Crippen MR) is 169 cm³/mol. The van der Waals surface area contributed by atoms with Gasteiger partial charge in [0.1, 0.15) is 0 Å². The normalized spacial score (nSPS) is 13.4. The van der Waals surface area contributed by atoms with Crippen molar-refractivity contribution in [2.24, 2.45) is 11.5 Å². The first-order valence-electron chi connectivity index (χ1n) is 15.4. The van der Waals surface area contributed by atoms with Crippen LogP contribution in [-0.2, 0) is 20.8 Å². The molecule has 9 nitrogen and oxygen atoms in total. The fraction of sp³-hybridized carbons (Fsp3) is 0.471. The second kappa shape index (κ2) is 16.0. The van der Waals surface area contributed by atoms with Crippen molar-refractivity contribution in [3.05, 3.63) is 71.4 Å². The number of ketones is 1. The largest absolute Gasteiger partial charge is 0.481 e. The smallest absolute Gasteiger partial charge is 0.303 e. The average Bonchev–Trinajstić information content (AvgIpc) is 3.34. The number of fused-ring (bicyclic) bond motifs is 1. The number of carboxylic acid groups (broad SMARTS) is 1. The number of benzene rings is 2. The van der Waals surface area contributed by atoms with Crippen LogP contribution < -0.4 is 11.5 Å². The van der Waals surface area contributed by atoms with Gasteiger partial charge in [-0.05, 0) is 37.3 Å². The molecule has 1 aromatic heterocycles. The van der Waals surface area contributed by atoms with E-state index in [1.807, 2.05) is 61.5 Å². The van der Waals surface area contributed by atoms with Gasteiger partial charge < -0.3 is 26.5 Å². The van der Waals surface area contributed by atoms with Crippen molar-refractivity contribution >= 4 is 34.5 Å². The van der Waals surface area contributed by atoms with Crippen LogP contribution in [0.15, 0.2) is 54.6 Å². The molecule has 0 saturated heterocycles. The number of carbonyl (C=O) groups is 4. The third kappa shape index (κ3) is 8.76. The van der Waals surface area contributed by atoms with Gasteiger partial charge in [-0.2, -0.15) is 0 Å². The lowest BCUT2D eigenvalue weighted by Crippen LogP contribution is -2.62. The first-order valence-corrected chi connectivity index (χ1v) is 15.4. The van der Waals surface area contributed by atoms with E-state index in [2.05, 4.69) is 11.9 Å². The molecule has 0 spiro atoms. The molecule has 2 amide bonds. The first-order chi connectivity index (χ1) is 20.6. The topological polar surface area (TPSA) is 160 Å². The van der Waals surface area contributed by atoms with Gasteiger partial charge in [0.2, 0.25) is 5.91 Å². The maximum Gasteiger partial charge on any atom is 0.303 e. The molecule has 43 heavy (non-hydrogen) atoms. The number of aliphatic carboxylic acids is 1. The monoisotopic (exact) mass is 590 g/mol. The molecule has 0 unspecified atom stereocenters. The number of hydrogen-bond donors (Lipinski definition) is 4. The molecule has 0 radical (unpaired) electrons. The molecule has 0 fully saturated rings. The number of unbranched alkanes of at least 4 members (excludes halogenated alkanes) is 3. The van der Waals surface area contributed by atoms with Crippen molar-refractivity contribution in [1.82, 2.24) is 9.88 Å². The number of H-pyrrole nitrogens is 1. The maximum atomic E-state index is 14.7. The number of primary amides is 1. The second-order valence-corrected chi connectivity index (χ2v) is 11.4. The molecule has 0 aliphatic rings. The standard InChI is InChI=1S/C34H46N4O5/c1-3-5-6-10-16-25(23-29(35)39)38(21-4-2)33(43)34(36,20-13-19-30(40)41)32(42)31-26-17-11-12-18-27(26)37-28(31)22-24-14-8-7-9-15-24/h7-9,11-12,14-15,17-18,25,37H,3-6,10,13,16,19-23,36H2,1-2H3,(H2,35,39)(H,40,41)/t25-,34-/m0/s1. The van der Waals surface area contributed by atoms with Gasteiger partial charge in [-0.3, -0.25) is 19.2 Å². The lowest BCUT2D eigenvalue weighted by atomic mass is 9.81. The molecule has 1 heterocycles. The minimum Gasteiger partial charge on any atom is -0.481 e. The van der Waals surface area contributed by atoms with Gasteiger partial charge in [-0.25, -0.2) is 0 Å². The van der Waals surface area contributed by atoms with Crippen molar-refractivity contribution < 1.29 is 24.3 Å². The van der Waals surface area contributed by atoms with Crippen molar-refractivity contribution in [3.8, 4) is 0 Å². The van der Waals surface area contributed by atoms with Crippen LogP contribution in [0.25, 0.3) is 10.9 Å². The lowest BCUT2D eigenvalue weighted by molar-refractivity contribution is -0.140. The summed E-state index contributed by atoms with van der Waals surface area (Å²) in [6.45, 7) is 4.32. The minimum atomic E-state index is -2.04. The highest BCUT2D eigenvalue weighted by atomic mass is 16.4. The molecule has 9 heteroatoms.